The molecular formula is C11H23NO2. The summed E-state index contributed by atoms with van der Waals surface area (Å²) in [5.74, 6) is -0.152. The van der Waals surface area contributed by atoms with Gasteiger partial charge in [0.2, 0.25) is 0 Å². The Morgan fingerprint density at radius 1 is 1.21 bits per heavy atom. The van der Waals surface area contributed by atoms with Crippen LogP contribution < -0.4 is 0 Å². The van der Waals surface area contributed by atoms with Crippen molar-refractivity contribution in [2.75, 3.05) is 27.2 Å². The van der Waals surface area contributed by atoms with E-state index in [1.165, 1.54) is 39.2 Å². The summed E-state index contributed by atoms with van der Waals surface area (Å²) in [5.41, 5.74) is 0. The van der Waals surface area contributed by atoms with Crippen LogP contribution >= 0.6 is 0 Å². The molecule has 0 spiro atoms. The van der Waals surface area contributed by atoms with Crippen molar-refractivity contribution in [3.63, 3.8) is 0 Å². The van der Waals surface area contributed by atoms with E-state index in [0.29, 0.717) is 6.54 Å². The molecule has 0 unspecified atom stereocenters. The normalized spacial score (nSPS) is 10.6. The molecule has 0 aromatic carbocycles. The summed E-state index contributed by atoms with van der Waals surface area (Å²) in [4.78, 5) is 12.9. The van der Waals surface area contributed by atoms with Crippen molar-refractivity contribution in [1.82, 2.24) is 4.90 Å². The van der Waals surface area contributed by atoms with E-state index in [2.05, 4.69) is 11.7 Å². The molecule has 0 aliphatic rings. The Bertz CT molecular complexity index is 148. The van der Waals surface area contributed by atoms with Crippen LogP contribution in [0.5, 0.6) is 0 Å². The van der Waals surface area contributed by atoms with E-state index in [4.69, 9.17) is 0 Å². The second-order valence-corrected chi connectivity index (χ2v) is 3.73. The highest BCUT2D eigenvalue weighted by atomic mass is 16.5. The average Bonchev–Trinajstić information content (AvgIpc) is 2.17. The van der Waals surface area contributed by atoms with Crippen LogP contribution in [0.3, 0.4) is 0 Å². The van der Waals surface area contributed by atoms with Crippen LogP contribution in [0, 0.1) is 0 Å². The van der Waals surface area contributed by atoms with Gasteiger partial charge in [0.05, 0.1) is 13.7 Å². The summed E-state index contributed by atoms with van der Waals surface area (Å²) >= 11 is 0. The number of rotatable bonds is 8. The molecule has 14 heavy (non-hydrogen) atoms. The summed E-state index contributed by atoms with van der Waals surface area (Å²) in [7, 11) is 3.38. The monoisotopic (exact) mass is 201 g/mol. The summed E-state index contributed by atoms with van der Waals surface area (Å²) in [6.07, 6.45) is 6.34. The van der Waals surface area contributed by atoms with Crippen LogP contribution in [-0.4, -0.2) is 38.1 Å². The lowest BCUT2D eigenvalue weighted by molar-refractivity contribution is -0.141. The van der Waals surface area contributed by atoms with E-state index >= 15 is 0 Å². The molecule has 0 rings (SSSR count). The number of nitrogens with zero attached hydrogens (tertiary/aromatic N) is 1. The largest absolute Gasteiger partial charge is 0.468 e. The fourth-order valence-electron chi connectivity index (χ4n) is 1.35. The Kier molecular flexibility index (Phi) is 8.64. The number of likely N-dealkylation sites (N-methyl/N-ethyl adjacent to an activating group) is 1. The van der Waals surface area contributed by atoms with Gasteiger partial charge >= 0.3 is 5.97 Å². The van der Waals surface area contributed by atoms with E-state index in [9.17, 15) is 4.79 Å². The van der Waals surface area contributed by atoms with E-state index in [1.807, 2.05) is 11.9 Å². The first kappa shape index (κ1) is 13.4. The van der Waals surface area contributed by atoms with Crippen molar-refractivity contribution < 1.29 is 9.53 Å². The first-order valence-electron chi connectivity index (χ1n) is 5.46. The zero-order chi connectivity index (χ0) is 10.8. The maximum absolute atomic E-state index is 10.9. The van der Waals surface area contributed by atoms with Crippen molar-refractivity contribution in [1.29, 1.82) is 0 Å². The van der Waals surface area contributed by atoms with Crippen molar-refractivity contribution >= 4 is 5.97 Å². The highest BCUT2D eigenvalue weighted by Crippen LogP contribution is 2.02. The lowest BCUT2D eigenvalue weighted by Crippen LogP contribution is -2.27. The predicted molar refractivity (Wildman–Crippen MR) is 58.3 cm³/mol. The SMILES string of the molecule is CCCCCCCN(C)CC(=O)OC. The highest BCUT2D eigenvalue weighted by Gasteiger charge is 2.04. The molecule has 0 heterocycles. The number of hydrogen-bond acceptors (Lipinski definition) is 3. The minimum atomic E-state index is -0.152. The molecule has 0 aliphatic heterocycles. The lowest BCUT2D eigenvalue weighted by atomic mass is 10.1. The number of carbonyl (C=O) groups is 1. The number of ether oxygens (including phenoxy) is 1. The van der Waals surface area contributed by atoms with Gasteiger partial charge < -0.3 is 4.74 Å². The Labute approximate surface area is 87.4 Å². The van der Waals surface area contributed by atoms with E-state index in [0.717, 1.165) is 6.54 Å². The van der Waals surface area contributed by atoms with Gasteiger partial charge in [-0.05, 0) is 20.0 Å². The van der Waals surface area contributed by atoms with Crippen molar-refractivity contribution in [2.24, 2.45) is 0 Å². The van der Waals surface area contributed by atoms with Gasteiger partial charge in [0.15, 0.2) is 0 Å². The Morgan fingerprint density at radius 3 is 2.43 bits per heavy atom. The quantitative estimate of drug-likeness (QED) is 0.445. The second kappa shape index (κ2) is 9.00. The summed E-state index contributed by atoms with van der Waals surface area (Å²) in [6.45, 7) is 3.60. The molecule has 3 nitrogen and oxygen atoms in total. The molecule has 0 fully saturated rings. The van der Waals surface area contributed by atoms with Gasteiger partial charge in [-0.2, -0.15) is 0 Å². The molecule has 0 saturated heterocycles. The molecule has 0 amide bonds. The number of methoxy groups -OCH3 is 1. The molecule has 0 aromatic heterocycles. The Balaban J connectivity index is 3.26. The first-order valence-corrected chi connectivity index (χ1v) is 5.46. The highest BCUT2D eigenvalue weighted by molar-refractivity contribution is 5.71. The van der Waals surface area contributed by atoms with Gasteiger partial charge in [0.25, 0.3) is 0 Å². The van der Waals surface area contributed by atoms with Crippen LogP contribution in [0.1, 0.15) is 39.0 Å². The number of unbranched alkanes of at least 4 members (excludes halogenated alkanes) is 4. The molecule has 0 aromatic rings. The van der Waals surface area contributed by atoms with E-state index in [-0.39, 0.29) is 5.97 Å². The van der Waals surface area contributed by atoms with Crippen molar-refractivity contribution in [2.45, 2.75) is 39.0 Å². The topological polar surface area (TPSA) is 29.5 Å². The average molecular weight is 201 g/mol. The number of hydrogen-bond donors (Lipinski definition) is 0. The maximum atomic E-state index is 10.9. The fourth-order valence-corrected chi connectivity index (χ4v) is 1.35. The Hall–Kier alpha value is -0.570. The molecule has 0 atom stereocenters. The van der Waals surface area contributed by atoms with Crippen LogP contribution in [0.25, 0.3) is 0 Å². The fraction of sp³-hybridized carbons (Fsp3) is 0.909. The predicted octanol–water partition coefficient (Wildman–Crippen LogP) is 2.06. The van der Waals surface area contributed by atoms with Crippen molar-refractivity contribution in [3.05, 3.63) is 0 Å². The number of esters is 1. The number of carbonyl (C=O) groups excluding carboxylic acids is 1. The summed E-state index contributed by atoms with van der Waals surface area (Å²) < 4.78 is 4.59. The van der Waals surface area contributed by atoms with Gasteiger partial charge in [-0.1, -0.05) is 32.6 Å². The molecule has 0 aliphatic carbocycles. The van der Waals surface area contributed by atoms with Crippen molar-refractivity contribution in [3.8, 4) is 0 Å². The molecule has 0 N–H and O–H groups in total. The Morgan fingerprint density at radius 2 is 1.86 bits per heavy atom. The van der Waals surface area contributed by atoms with Gasteiger partial charge in [-0.15, -0.1) is 0 Å². The zero-order valence-electron chi connectivity index (χ0n) is 9.71. The van der Waals surface area contributed by atoms with E-state index in [1.54, 1.807) is 0 Å². The van der Waals surface area contributed by atoms with Crippen LogP contribution in [0.4, 0.5) is 0 Å². The standard InChI is InChI=1S/C11H23NO2/c1-4-5-6-7-8-9-12(2)10-11(13)14-3/h4-10H2,1-3H3. The molecule has 0 bridgehead atoms. The van der Waals surface area contributed by atoms with Gasteiger partial charge in [-0.3, -0.25) is 9.69 Å². The molecule has 0 radical (unpaired) electrons. The second-order valence-electron chi connectivity index (χ2n) is 3.73. The minimum Gasteiger partial charge on any atom is -0.468 e. The molecule has 84 valence electrons. The smallest absolute Gasteiger partial charge is 0.319 e. The lowest BCUT2D eigenvalue weighted by Gasteiger charge is -2.14. The van der Waals surface area contributed by atoms with Gasteiger partial charge in [0.1, 0.15) is 0 Å². The summed E-state index contributed by atoms with van der Waals surface area (Å²) in [6, 6.07) is 0. The third-order valence-corrected chi connectivity index (χ3v) is 2.27. The van der Waals surface area contributed by atoms with Crippen LogP contribution in [-0.2, 0) is 9.53 Å². The molecule has 3 heteroatoms. The maximum Gasteiger partial charge on any atom is 0.319 e. The third-order valence-electron chi connectivity index (χ3n) is 2.27. The first-order chi connectivity index (χ1) is 6.70. The molecule has 0 saturated carbocycles. The zero-order valence-corrected chi connectivity index (χ0v) is 9.71. The van der Waals surface area contributed by atoms with Crippen LogP contribution in [0.2, 0.25) is 0 Å². The van der Waals surface area contributed by atoms with Gasteiger partial charge in [0, 0.05) is 0 Å². The molecular weight excluding hydrogens is 178 g/mol. The van der Waals surface area contributed by atoms with Crippen LogP contribution in [0.15, 0.2) is 0 Å². The minimum absolute atomic E-state index is 0.152. The summed E-state index contributed by atoms with van der Waals surface area (Å²) in [5, 5.41) is 0. The van der Waals surface area contributed by atoms with E-state index < -0.39 is 0 Å². The van der Waals surface area contributed by atoms with Gasteiger partial charge in [-0.25, -0.2) is 0 Å². The third kappa shape index (κ3) is 8.05.